The van der Waals surface area contributed by atoms with Gasteiger partial charge in [0.15, 0.2) is 6.61 Å². The van der Waals surface area contributed by atoms with Crippen molar-refractivity contribution in [3.63, 3.8) is 0 Å². The molecule has 1 aliphatic heterocycles. The third-order valence-electron chi connectivity index (χ3n) is 3.40. The number of rotatable bonds is 6. The fraction of sp³-hybridized carbons (Fsp3) is 0.400. The van der Waals surface area contributed by atoms with E-state index in [1.54, 1.807) is 12.1 Å². The Morgan fingerprint density at radius 1 is 1.43 bits per heavy atom. The van der Waals surface area contributed by atoms with Gasteiger partial charge in [0, 0.05) is 18.7 Å². The maximum absolute atomic E-state index is 11.7. The number of hydrogen-bond acceptors (Lipinski definition) is 6. The molecule has 1 atom stereocenters. The van der Waals surface area contributed by atoms with Crippen molar-refractivity contribution in [3.8, 4) is 17.5 Å². The van der Waals surface area contributed by atoms with Gasteiger partial charge in [-0.25, -0.2) is 0 Å². The van der Waals surface area contributed by atoms with Crippen LogP contribution in [0, 0.1) is 0 Å². The second-order valence-electron chi connectivity index (χ2n) is 5.09. The summed E-state index contributed by atoms with van der Waals surface area (Å²) in [5.41, 5.74) is 0.635. The van der Waals surface area contributed by atoms with Crippen molar-refractivity contribution in [1.29, 1.82) is 0 Å². The molecule has 1 aliphatic rings. The molecule has 23 heavy (non-hydrogen) atoms. The summed E-state index contributed by atoms with van der Waals surface area (Å²) >= 11 is 6.06. The molecule has 1 fully saturated rings. The smallest absolute Gasteiger partial charge is 0.418 e. The zero-order chi connectivity index (χ0) is 16.1. The molecule has 2 aromatic rings. The van der Waals surface area contributed by atoms with Gasteiger partial charge in [-0.2, -0.15) is 4.98 Å². The summed E-state index contributed by atoms with van der Waals surface area (Å²) in [5.74, 6) is 0.0448. The highest BCUT2D eigenvalue weighted by atomic mass is 35.5. The van der Waals surface area contributed by atoms with E-state index in [9.17, 15) is 4.79 Å². The molecule has 3 rings (SSSR count). The lowest BCUT2D eigenvalue weighted by Crippen LogP contribution is -2.35. The Morgan fingerprint density at radius 2 is 2.30 bits per heavy atom. The first-order valence-corrected chi connectivity index (χ1v) is 7.70. The fourth-order valence-corrected chi connectivity index (χ4v) is 2.45. The van der Waals surface area contributed by atoms with Crippen LogP contribution in [0.15, 0.2) is 28.8 Å². The monoisotopic (exact) mass is 337 g/mol. The number of aromatic nitrogens is 2. The predicted molar refractivity (Wildman–Crippen MR) is 82.2 cm³/mol. The summed E-state index contributed by atoms with van der Waals surface area (Å²) in [4.78, 5) is 15.8. The molecule has 122 valence electrons. The van der Waals surface area contributed by atoms with Crippen molar-refractivity contribution in [2.75, 3.05) is 19.8 Å². The van der Waals surface area contributed by atoms with Crippen LogP contribution in [-0.4, -0.2) is 41.9 Å². The van der Waals surface area contributed by atoms with E-state index in [0.29, 0.717) is 23.0 Å². The van der Waals surface area contributed by atoms with E-state index < -0.39 is 0 Å². The lowest BCUT2D eigenvalue weighted by molar-refractivity contribution is -0.124. The molecular formula is C15H16ClN3O4. The quantitative estimate of drug-likeness (QED) is 0.868. The van der Waals surface area contributed by atoms with Gasteiger partial charge in [0.25, 0.3) is 5.91 Å². The van der Waals surface area contributed by atoms with Crippen molar-refractivity contribution in [1.82, 2.24) is 15.5 Å². The van der Waals surface area contributed by atoms with E-state index in [4.69, 9.17) is 25.6 Å². The van der Waals surface area contributed by atoms with Crippen LogP contribution >= 0.6 is 11.6 Å². The van der Waals surface area contributed by atoms with E-state index >= 15 is 0 Å². The summed E-state index contributed by atoms with van der Waals surface area (Å²) < 4.78 is 15.6. The Bertz CT molecular complexity index is 670. The average molecular weight is 338 g/mol. The van der Waals surface area contributed by atoms with E-state index in [1.807, 2.05) is 12.1 Å². The SMILES string of the molecule is O=C(COc1nc(-c2ccccc2Cl)no1)NC[C@H]1CCCO1. The molecule has 0 aliphatic carbocycles. The number of amides is 1. The Labute approximate surface area is 137 Å². The van der Waals surface area contributed by atoms with E-state index in [-0.39, 0.29) is 24.7 Å². The zero-order valence-corrected chi connectivity index (χ0v) is 13.1. The first-order chi connectivity index (χ1) is 11.2. The van der Waals surface area contributed by atoms with Gasteiger partial charge in [-0.05, 0) is 25.0 Å². The second-order valence-corrected chi connectivity index (χ2v) is 5.50. The molecular weight excluding hydrogens is 322 g/mol. The van der Waals surface area contributed by atoms with Crippen molar-refractivity contribution >= 4 is 17.5 Å². The third-order valence-corrected chi connectivity index (χ3v) is 3.73. The molecule has 1 amide bonds. The van der Waals surface area contributed by atoms with Crippen LogP contribution in [0.25, 0.3) is 11.4 Å². The molecule has 0 saturated carbocycles. The topological polar surface area (TPSA) is 86.5 Å². The number of carbonyl (C=O) groups excluding carboxylic acids is 1. The highest BCUT2D eigenvalue weighted by molar-refractivity contribution is 6.33. The Balaban J connectivity index is 1.49. The molecule has 1 aromatic heterocycles. The number of halogens is 1. The van der Waals surface area contributed by atoms with Crippen molar-refractivity contribution in [2.45, 2.75) is 18.9 Å². The minimum absolute atomic E-state index is 0.0767. The fourth-order valence-electron chi connectivity index (χ4n) is 2.23. The number of hydrogen-bond donors (Lipinski definition) is 1. The summed E-state index contributed by atoms with van der Waals surface area (Å²) in [6.07, 6.45) is 2.01. The van der Waals surface area contributed by atoms with Crippen LogP contribution in [0.5, 0.6) is 6.08 Å². The van der Waals surface area contributed by atoms with Gasteiger partial charge in [0.1, 0.15) is 0 Å². The molecule has 7 nitrogen and oxygen atoms in total. The number of benzene rings is 1. The third kappa shape index (κ3) is 4.20. The minimum atomic E-state index is -0.266. The molecule has 0 spiro atoms. The largest absolute Gasteiger partial charge is 0.439 e. The van der Waals surface area contributed by atoms with E-state index in [0.717, 1.165) is 19.4 Å². The number of nitrogens with one attached hydrogen (secondary N) is 1. The average Bonchev–Trinajstić information content (AvgIpc) is 3.23. The standard InChI is InChI=1S/C15H16ClN3O4/c16-12-6-2-1-5-11(12)14-18-15(23-19-14)22-9-13(20)17-8-10-4-3-7-21-10/h1-2,5-6,10H,3-4,7-9H2,(H,17,20)/t10-/m1/s1. The van der Waals surface area contributed by atoms with Crippen molar-refractivity contribution < 1.29 is 18.8 Å². The Hall–Kier alpha value is -2.12. The van der Waals surface area contributed by atoms with E-state index in [1.165, 1.54) is 0 Å². The Morgan fingerprint density at radius 3 is 3.09 bits per heavy atom. The minimum Gasteiger partial charge on any atom is -0.439 e. The second kappa shape index (κ2) is 7.43. The van der Waals surface area contributed by atoms with Crippen LogP contribution in [0.2, 0.25) is 5.02 Å². The lowest BCUT2D eigenvalue weighted by Gasteiger charge is -2.10. The lowest BCUT2D eigenvalue weighted by atomic mass is 10.2. The molecule has 0 bridgehead atoms. The van der Waals surface area contributed by atoms with Gasteiger partial charge in [-0.15, -0.1) is 0 Å². The van der Waals surface area contributed by atoms with Crippen LogP contribution in [0.4, 0.5) is 0 Å². The van der Waals surface area contributed by atoms with Crippen LogP contribution in [0.3, 0.4) is 0 Å². The van der Waals surface area contributed by atoms with Gasteiger partial charge in [-0.1, -0.05) is 28.9 Å². The van der Waals surface area contributed by atoms with Crippen molar-refractivity contribution in [2.24, 2.45) is 0 Å². The van der Waals surface area contributed by atoms with Gasteiger partial charge in [-0.3, -0.25) is 9.32 Å². The molecule has 2 heterocycles. The number of nitrogens with zero attached hydrogens (tertiary/aromatic N) is 2. The van der Waals surface area contributed by atoms with Gasteiger partial charge < -0.3 is 14.8 Å². The van der Waals surface area contributed by atoms with Crippen LogP contribution in [-0.2, 0) is 9.53 Å². The van der Waals surface area contributed by atoms with Gasteiger partial charge in [0.05, 0.1) is 11.1 Å². The molecule has 0 radical (unpaired) electrons. The van der Waals surface area contributed by atoms with Gasteiger partial charge in [0.2, 0.25) is 5.82 Å². The predicted octanol–water partition coefficient (Wildman–Crippen LogP) is 2.06. The summed E-state index contributed by atoms with van der Waals surface area (Å²) in [5, 5.41) is 7.04. The molecule has 1 aromatic carbocycles. The molecule has 1 N–H and O–H groups in total. The molecule has 8 heteroatoms. The zero-order valence-electron chi connectivity index (χ0n) is 12.3. The van der Waals surface area contributed by atoms with E-state index in [2.05, 4.69) is 15.5 Å². The number of ether oxygens (including phenoxy) is 2. The summed E-state index contributed by atoms with van der Waals surface area (Å²) in [7, 11) is 0. The number of carbonyl (C=O) groups is 1. The van der Waals surface area contributed by atoms with Crippen LogP contribution in [0.1, 0.15) is 12.8 Å². The molecule has 0 unspecified atom stereocenters. The summed E-state index contributed by atoms with van der Waals surface area (Å²) in [6.45, 7) is 1.04. The highest BCUT2D eigenvalue weighted by Gasteiger charge is 2.17. The molecule has 1 saturated heterocycles. The normalized spacial score (nSPS) is 17.2. The highest BCUT2D eigenvalue weighted by Crippen LogP contribution is 2.26. The van der Waals surface area contributed by atoms with Crippen molar-refractivity contribution in [3.05, 3.63) is 29.3 Å². The van der Waals surface area contributed by atoms with Crippen LogP contribution < -0.4 is 10.1 Å². The first-order valence-electron chi connectivity index (χ1n) is 7.32. The first kappa shape index (κ1) is 15.8. The maximum atomic E-state index is 11.7. The maximum Gasteiger partial charge on any atom is 0.418 e. The Kier molecular flexibility index (Phi) is 5.09. The van der Waals surface area contributed by atoms with Gasteiger partial charge >= 0.3 is 6.08 Å². The summed E-state index contributed by atoms with van der Waals surface area (Å²) in [6, 6.07) is 7.12.